The summed E-state index contributed by atoms with van der Waals surface area (Å²) in [7, 11) is 0. The topological polar surface area (TPSA) is 4.93 Å². The largest absolute Gasteiger partial charge is 0.310 e. The summed E-state index contributed by atoms with van der Waals surface area (Å²) in [5.74, 6) is 0.444. The molecule has 0 saturated heterocycles. The molecule has 0 aliphatic heterocycles. The van der Waals surface area contributed by atoms with Crippen molar-refractivity contribution in [3.05, 3.63) is 167 Å². The minimum Gasteiger partial charge on any atom is -0.310 e. The van der Waals surface area contributed by atoms with Crippen molar-refractivity contribution >= 4 is 48.5 Å². The van der Waals surface area contributed by atoms with Gasteiger partial charge in [-0.2, -0.15) is 0 Å². The molecule has 0 saturated carbocycles. The first-order valence-corrected chi connectivity index (χ1v) is 17.4. The molecule has 1 nitrogen and oxygen atoms in total. The lowest BCUT2D eigenvalue weighted by molar-refractivity contribution is 0.613. The van der Waals surface area contributed by atoms with Gasteiger partial charge < -0.3 is 4.57 Å². The van der Waals surface area contributed by atoms with E-state index in [0.717, 1.165) is 6.42 Å². The van der Waals surface area contributed by atoms with E-state index < -0.39 is 0 Å². The molecule has 0 radical (unpaired) electrons. The van der Waals surface area contributed by atoms with Crippen molar-refractivity contribution in [1.82, 2.24) is 4.57 Å². The molecule has 1 atom stereocenters. The molecule has 2 aromatic heterocycles. The summed E-state index contributed by atoms with van der Waals surface area (Å²) in [5.41, 5.74) is 15.0. The molecule has 0 bridgehead atoms. The number of hydrogen-bond acceptors (Lipinski definition) is 1. The summed E-state index contributed by atoms with van der Waals surface area (Å²) in [5, 5.41) is 4.03. The molecule has 10 rings (SSSR count). The Kier molecular flexibility index (Phi) is 5.69. The van der Waals surface area contributed by atoms with Crippen LogP contribution in [0, 0.1) is 0 Å². The second-order valence-electron chi connectivity index (χ2n) is 13.7. The molecular weight excluding hydrogens is 587 g/mol. The van der Waals surface area contributed by atoms with Crippen molar-refractivity contribution in [3.63, 3.8) is 0 Å². The van der Waals surface area contributed by atoms with Crippen molar-refractivity contribution < 1.29 is 0 Å². The van der Waals surface area contributed by atoms with Crippen LogP contribution in [0.3, 0.4) is 0 Å². The van der Waals surface area contributed by atoms with E-state index in [0.29, 0.717) is 5.92 Å². The summed E-state index contributed by atoms with van der Waals surface area (Å²) in [4.78, 5) is 0. The minimum absolute atomic E-state index is 0.0212. The fourth-order valence-electron chi connectivity index (χ4n) is 8.63. The van der Waals surface area contributed by atoms with Crippen LogP contribution in [0.25, 0.3) is 65.1 Å². The number of hydrogen-bond donors (Lipinski definition) is 0. The van der Waals surface area contributed by atoms with E-state index >= 15 is 0 Å². The van der Waals surface area contributed by atoms with Gasteiger partial charge >= 0.3 is 0 Å². The van der Waals surface area contributed by atoms with Gasteiger partial charge in [-0.3, -0.25) is 0 Å². The van der Waals surface area contributed by atoms with E-state index in [9.17, 15) is 0 Å². The maximum absolute atomic E-state index is 2.53. The molecule has 47 heavy (non-hydrogen) atoms. The Morgan fingerprint density at radius 1 is 0.596 bits per heavy atom. The first-order valence-electron chi connectivity index (χ1n) is 16.6. The Bertz CT molecular complexity index is 2560. The van der Waals surface area contributed by atoms with Crippen molar-refractivity contribution in [2.75, 3.05) is 0 Å². The Hall–Kier alpha value is -5.18. The van der Waals surface area contributed by atoms with Crippen molar-refractivity contribution in [3.8, 4) is 27.9 Å². The van der Waals surface area contributed by atoms with Gasteiger partial charge in [0, 0.05) is 42.6 Å². The van der Waals surface area contributed by atoms with Gasteiger partial charge in [0.05, 0.1) is 11.2 Å². The number of fused-ring (bicyclic) bond motifs is 9. The molecular formula is C45H33NS. The van der Waals surface area contributed by atoms with Crippen LogP contribution in [-0.2, 0) is 11.8 Å². The van der Waals surface area contributed by atoms with Crippen LogP contribution < -0.4 is 0 Å². The van der Waals surface area contributed by atoms with Gasteiger partial charge in [0.15, 0.2) is 0 Å². The third-order valence-corrected chi connectivity index (χ3v) is 12.2. The Morgan fingerprint density at radius 3 is 1.96 bits per heavy atom. The summed E-state index contributed by atoms with van der Waals surface area (Å²) < 4.78 is 5.20. The summed E-state index contributed by atoms with van der Waals surface area (Å²) in [6, 6.07) is 51.6. The predicted octanol–water partition coefficient (Wildman–Crippen LogP) is 12.3. The van der Waals surface area contributed by atoms with Crippen LogP contribution in [0.4, 0.5) is 0 Å². The van der Waals surface area contributed by atoms with Gasteiger partial charge in [-0.05, 0) is 69.6 Å². The van der Waals surface area contributed by atoms with Crippen LogP contribution in [0.2, 0.25) is 0 Å². The first kappa shape index (κ1) is 27.0. The fraction of sp³-hybridized carbons (Fsp3) is 0.111. The van der Waals surface area contributed by atoms with Crippen LogP contribution in [0.1, 0.15) is 42.1 Å². The number of rotatable bonds is 3. The maximum atomic E-state index is 2.53. The molecule has 0 N–H and O–H groups in total. The third kappa shape index (κ3) is 3.82. The average molecular weight is 620 g/mol. The number of para-hydroxylation sites is 1. The molecule has 0 fully saturated rings. The molecule has 2 heteroatoms. The normalized spacial score (nSPS) is 16.3. The summed E-state index contributed by atoms with van der Waals surface area (Å²) in [6.45, 7) is 4.81. The molecule has 2 aliphatic rings. The molecule has 2 aliphatic carbocycles. The van der Waals surface area contributed by atoms with Crippen LogP contribution in [-0.4, -0.2) is 4.57 Å². The zero-order valence-corrected chi connectivity index (χ0v) is 27.3. The van der Waals surface area contributed by atoms with Gasteiger partial charge in [0.2, 0.25) is 0 Å². The molecule has 0 amide bonds. The second-order valence-corrected chi connectivity index (χ2v) is 14.7. The number of thiophene rings is 1. The molecule has 2 heterocycles. The Morgan fingerprint density at radius 2 is 1.21 bits per heavy atom. The minimum atomic E-state index is 0.0212. The lowest BCUT2D eigenvalue weighted by Gasteiger charge is -2.28. The zero-order valence-electron chi connectivity index (χ0n) is 26.5. The van der Waals surface area contributed by atoms with E-state index in [2.05, 4.69) is 164 Å². The highest BCUT2D eigenvalue weighted by Gasteiger charge is 2.44. The molecule has 224 valence electrons. The lowest BCUT2D eigenvalue weighted by Crippen LogP contribution is -2.19. The quantitative estimate of drug-likeness (QED) is 0.185. The highest BCUT2D eigenvalue weighted by Crippen LogP contribution is 2.55. The predicted molar refractivity (Wildman–Crippen MR) is 201 cm³/mol. The van der Waals surface area contributed by atoms with Crippen LogP contribution >= 0.6 is 11.3 Å². The third-order valence-electron chi connectivity index (χ3n) is 10.9. The molecule has 1 unspecified atom stereocenters. The van der Waals surface area contributed by atoms with Crippen LogP contribution in [0.5, 0.6) is 0 Å². The van der Waals surface area contributed by atoms with Gasteiger partial charge in [0.25, 0.3) is 0 Å². The Labute approximate surface area is 279 Å². The molecule has 6 aromatic carbocycles. The van der Waals surface area contributed by atoms with E-state index in [-0.39, 0.29) is 5.41 Å². The van der Waals surface area contributed by atoms with E-state index in [4.69, 9.17) is 0 Å². The van der Waals surface area contributed by atoms with Crippen molar-refractivity contribution in [1.29, 1.82) is 0 Å². The van der Waals surface area contributed by atoms with Crippen molar-refractivity contribution in [2.24, 2.45) is 0 Å². The monoisotopic (exact) mass is 619 g/mol. The van der Waals surface area contributed by atoms with Crippen molar-refractivity contribution in [2.45, 2.75) is 31.6 Å². The van der Waals surface area contributed by atoms with Gasteiger partial charge in [-0.1, -0.05) is 141 Å². The summed E-state index contributed by atoms with van der Waals surface area (Å²) >= 11 is 1.92. The lowest BCUT2D eigenvalue weighted by atomic mass is 9.76. The van der Waals surface area contributed by atoms with Gasteiger partial charge in [0.1, 0.15) is 0 Å². The summed E-state index contributed by atoms with van der Waals surface area (Å²) in [6.07, 6.45) is 3.58. The highest BCUT2D eigenvalue weighted by molar-refractivity contribution is 7.26. The van der Waals surface area contributed by atoms with E-state index in [1.54, 1.807) is 0 Å². The Balaban J connectivity index is 1.11. The number of allylic oxidation sites excluding steroid dienone is 1. The van der Waals surface area contributed by atoms with Crippen LogP contribution in [0.15, 0.2) is 145 Å². The van der Waals surface area contributed by atoms with E-state index in [1.807, 2.05) is 11.3 Å². The molecule has 8 aromatic rings. The number of benzene rings is 6. The molecule has 0 spiro atoms. The SMILES string of the molecule is CC1(C)C2=Cc3c(c4ccccc4n3-c3ccc(-c4cccc5c4sc4c(-c6ccccc6)cccc45)cc3)CC2c2ccccc21. The number of nitrogens with zero attached hydrogens (tertiary/aromatic N) is 1. The second kappa shape index (κ2) is 9.91. The average Bonchev–Trinajstić information content (AvgIpc) is 3.74. The fourth-order valence-corrected chi connectivity index (χ4v) is 10.0. The van der Waals surface area contributed by atoms with E-state index in [1.165, 1.54) is 87.0 Å². The number of aromatic nitrogens is 1. The van der Waals surface area contributed by atoms with Gasteiger partial charge in [-0.25, -0.2) is 0 Å². The highest BCUT2D eigenvalue weighted by atomic mass is 32.1. The zero-order chi connectivity index (χ0) is 31.3. The first-order chi connectivity index (χ1) is 23.1. The standard InChI is InChI=1S/C45H33NS/c1-45(2)39-20-8-6-14-33(39)37-26-38-34-15-7-9-21-41(34)46(42(38)27-40(37)45)30-24-22-29(23-25-30)32-17-11-19-36-35-18-10-16-31(43(35)47-44(32)36)28-12-4-3-5-13-28/h3-25,27,37H,26H2,1-2H3. The smallest absolute Gasteiger partial charge is 0.0537 e. The maximum Gasteiger partial charge on any atom is 0.0537 e. The van der Waals surface area contributed by atoms with Gasteiger partial charge in [-0.15, -0.1) is 11.3 Å².